The Balaban J connectivity index is 2.51. The lowest BCUT2D eigenvalue weighted by Crippen LogP contribution is -1.80. The predicted octanol–water partition coefficient (Wildman–Crippen LogP) is 4.37. The number of thiazole rings is 1. The van der Waals surface area contributed by atoms with Gasteiger partial charge in [-0.25, -0.2) is 9.37 Å². The van der Waals surface area contributed by atoms with Crippen molar-refractivity contribution in [3.05, 3.63) is 38.3 Å². The summed E-state index contributed by atoms with van der Waals surface area (Å²) < 4.78 is 13.8. The molecule has 0 saturated carbocycles. The van der Waals surface area contributed by atoms with E-state index in [9.17, 15) is 4.39 Å². The Hall–Kier alpha value is -0.450. The minimum absolute atomic E-state index is 0.350. The van der Waals surface area contributed by atoms with E-state index in [0.29, 0.717) is 10.6 Å². The van der Waals surface area contributed by atoms with Crippen LogP contribution in [-0.4, -0.2) is 4.98 Å². The van der Waals surface area contributed by atoms with Gasteiger partial charge >= 0.3 is 0 Å². The average molecular weight is 293 g/mol. The van der Waals surface area contributed by atoms with Crippen LogP contribution in [0, 0.1) is 5.82 Å². The summed E-state index contributed by atoms with van der Waals surface area (Å²) in [6, 6.07) is 4.37. The van der Waals surface area contributed by atoms with Crippen molar-refractivity contribution >= 4 is 38.9 Å². The fourth-order valence-corrected chi connectivity index (χ4v) is 2.33. The van der Waals surface area contributed by atoms with Gasteiger partial charge in [-0.05, 0) is 34.1 Å². The van der Waals surface area contributed by atoms with Crippen LogP contribution in [0.4, 0.5) is 4.39 Å². The summed E-state index contributed by atoms with van der Waals surface area (Å²) in [5.41, 5.74) is 1.42. The molecule has 0 fully saturated rings. The molecule has 1 heterocycles. The van der Waals surface area contributed by atoms with E-state index in [1.165, 1.54) is 23.5 Å². The molecule has 0 atom stereocenters. The maximum atomic E-state index is 13.0. The van der Waals surface area contributed by atoms with E-state index in [1.807, 2.05) is 5.38 Å². The molecule has 0 N–H and O–H groups in total. The first kappa shape index (κ1) is 10.1. The summed E-state index contributed by atoms with van der Waals surface area (Å²) in [5, 5.41) is 2.22. The maximum Gasteiger partial charge on any atom is 0.159 e. The van der Waals surface area contributed by atoms with Crippen LogP contribution in [-0.2, 0) is 0 Å². The van der Waals surface area contributed by atoms with Gasteiger partial charge in [-0.1, -0.05) is 11.6 Å². The largest absolute Gasteiger partial charge is 0.229 e. The Morgan fingerprint density at radius 3 is 2.71 bits per heavy atom. The first-order valence-corrected chi connectivity index (χ1v) is 5.78. The molecular formula is C9H4BrClFNS. The zero-order chi connectivity index (χ0) is 10.1. The summed E-state index contributed by atoms with van der Waals surface area (Å²) in [6.45, 7) is 0. The Labute approximate surface area is 97.7 Å². The molecule has 0 unspecified atom stereocenters. The monoisotopic (exact) mass is 291 g/mol. The molecule has 0 aliphatic carbocycles. The number of hydrogen-bond donors (Lipinski definition) is 0. The van der Waals surface area contributed by atoms with Crippen LogP contribution in [0.5, 0.6) is 0 Å². The second kappa shape index (κ2) is 3.96. The topological polar surface area (TPSA) is 12.9 Å². The van der Waals surface area contributed by atoms with Crippen LogP contribution >= 0.6 is 38.9 Å². The van der Waals surface area contributed by atoms with Crippen LogP contribution in [0.3, 0.4) is 0 Å². The number of benzene rings is 1. The van der Waals surface area contributed by atoms with Crippen molar-refractivity contribution in [1.29, 1.82) is 0 Å². The summed E-state index contributed by atoms with van der Waals surface area (Å²) in [5.74, 6) is -0.350. The van der Waals surface area contributed by atoms with Crippen LogP contribution in [0.1, 0.15) is 0 Å². The van der Waals surface area contributed by atoms with Gasteiger partial charge in [0.15, 0.2) is 3.92 Å². The molecule has 14 heavy (non-hydrogen) atoms. The van der Waals surface area contributed by atoms with Gasteiger partial charge in [-0.15, -0.1) is 11.3 Å². The third-order valence-corrected chi connectivity index (χ3v) is 3.22. The highest BCUT2D eigenvalue weighted by Gasteiger charge is 2.05. The van der Waals surface area contributed by atoms with E-state index in [2.05, 4.69) is 20.9 Å². The number of halogens is 3. The van der Waals surface area contributed by atoms with Gasteiger partial charge in [0, 0.05) is 16.0 Å². The highest BCUT2D eigenvalue weighted by atomic mass is 79.9. The van der Waals surface area contributed by atoms with E-state index < -0.39 is 0 Å². The molecule has 5 heteroatoms. The fraction of sp³-hybridized carbons (Fsp3) is 0. The van der Waals surface area contributed by atoms with Crippen molar-refractivity contribution in [3.63, 3.8) is 0 Å². The van der Waals surface area contributed by atoms with Gasteiger partial charge in [0.25, 0.3) is 0 Å². The van der Waals surface area contributed by atoms with Gasteiger partial charge in [0.05, 0.1) is 5.69 Å². The second-order valence-corrected chi connectivity index (χ2v) is 5.21. The van der Waals surface area contributed by atoms with Crippen molar-refractivity contribution in [2.75, 3.05) is 0 Å². The zero-order valence-corrected chi connectivity index (χ0v) is 9.96. The number of nitrogens with zero attached hydrogens (tertiary/aromatic N) is 1. The molecular weight excluding hydrogens is 289 g/mol. The molecule has 1 aromatic carbocycles. The molecule has 72 valence electrons. The highest BCUT2D eigenvalue weighted by Crippen LogP contribution is 2.27. The number of rotatable bonds is 1. The van der Waals surface area contributed by atoms with Crippen LogP contribution in [0.15, 0.2) is 27.5 Å². The molecule has 2 aromatic rings. The van der Waals surface area contributed by atoms with Crippen LogP contribution in [0.25, 0.3) is 11.3 Å². The van der Waals surface area contributed by atoms with Crippen LogP contribution in [0.2, 0.25) is 5.02 Å². The predicted molar refractivity (Wildman–Crippen MR) is 60.2 cm³/mol. The smallest absolute Gasteiger partial charge is 0.159 e. The molecule has 1 aromatic heterocycles. The van der Waals surface area contributed by atoms with Crippen molar-refractivity contribution < 1.29 is 4.39 Å². The first-order chi connectivity index (χ1) is 6.65. The lowest BCUT2D eigenvalue weighted by molar-refractivity contribution is 0.628. The maximum absolute atomic E-state index is 13.0. The quantitative estimate of drug-likeness (QED) is 0.761. The summed E-state index contributed by atoms with van der Waals surface area (Å²) >= 11 is 10.4. The SMILES string of the molecule is Fc1cc(Cl)cc(-c2csc(Br)n2)c1. The number of hydrogen-bond acceptors (Lipinski definition) is 2. The minimum atomic E-state index is -0.350. The molecule has 0 bridgehead atoms. The van der Waals surface area contributed by atoms with E-state index >= 15 is 0 Å². The van der Waals surface area contributed by atoms with Gasteiger partial charge in [-0.2, -0.15) is 0 Å². The summed E-state index contributed by atoms with van der Waals surface area (Å²) in [6.07, 6.45) is 0. The van der Waals surface area contributed by atoms with Gasteiger partial charge in [0.1, 0.15) is 5.82 Å². The second-order valence-electron chi connectivity index (χ2n) is 2.64. The fourth-order valence-electron chi connectivity index (χ4n) is 1.09. The van der Waals surface area contributed by atoms with E-state index in [1.54, 1.807) is 6.07 Å². The van der Waals surface area contributed by atoms with Gasteiger partial charge < -0.3 is 0 Å². The van der Waals surface area contributed by atoms with Crippen molar-refractivity contribution in [2.45, 2.75) is 0 Å². The third kappa shape index (κ3) is 2.13. The van der Waals surface area contributed by atoms with E-state index in [4.69, 9.17) is 11.6 Å². The standard InChI is InChI=1S/C9H4BrClFNS/c10-9-13-8(4-14-9)5-1-6(11)3-7(12)2-5/h1-4H. The Kier molecular flexibility index (Phi) is 2.85. The molecule has 0 amide bonds. The zero-order valence-electron chi connectivity index (χ0n) is 6.80. The summed E-state index contributed by atoms with van der Waals surface area (Å²) in [7, 11) is 0. The normalized spacial score (nSPS) is 10.5. The summed E-state index contributed by atoms with van der Waals surface area (Å²) in [4.78, 5) is 4.17. The lowest BCUT2D eigenvalue weighted by Gasteiger charge is -1.97. The van der Waals surface area contributed by atoms with Crippen molar-refractivity contribution in [3.8, 4) is 11.3 Å². The van der Waals surface area contributed by atoms with Crippen LogP contribution < -0.4 is 0 Å². The van der Waals surface area contributed by atoms with E-state index in [0.717, 1.165) is 9.61 Å². The molecule has 0 spiro atoms. The van der Waals surface area contributed by atoms with Gasteiger partial charge in [-0.3, -0.25) is 0 Å². The minimum Gasteiger partial charge on any atom is -0.229 e. The van der Waals surface area contributed by atoms with E-state index in [-0.39, 0.29) is 5.82 Å². The molecule has 0 radical (unpaired) electrons. The van der Waals surface area contributed by atoms with Crippen molar-refractivity contribution in [1.82, 2.24) is 4.98 Å². The molecule has 0 saturated heterocycles. The molecule has 2 rings (SSSR count). The van der Waals surface area contributed by atoms with Gasteiger partial charge in [0.2, 0.25) is 0 Å². The molecule has 1 nitrogen and oxygen atoms in total. The molecule has 0 aliphatic rings. The number of aromatic nitrogens is 1. The molecule has 0 aliphatic heterocycles. The first-order valence-electron chi connectivity index (χ1n) is 3.72. The Morgan fingerprint density at radius 1 is 1.36 bits per heavy atom. The Bertz CT molecular complexity index is 451. The average Bonchev–Trinajstić information content (AvgIpc) is 2.50. The van der Waals surface area contributed by atoms with Crippen molar-refractivity contribution in [2.24, 2.45) is 0 Å². The highest BCUT2D eigenvalue weighted by molar-refractivity contribution is 9.11. The lowest BCUT2D eigenvalue weighted by atomic mass is 10.2. The third-order valence-electron chi connectivity index (χ3n) is 1.63. The Morgan fingerprint density at radius 2 is 2.14 bits per heavy atom.